The highest BCUT2D eigenvalue weighted by atomic mass is 32.1. The summed E-state index contributed by atoms with van der Waals surface area (Å²) in [6.07, 6.45) is 6.80. The Hall–Kier alpha value is -3.06. The number of hydrogen-bond donors (Lipinski definition) is 1. The van der Waals surface area contributed by atoms with Crippen LogP contribution >= 0.6 is 11.3 Å². The molecule has 0 aliphatic heterocycles. The Morgan fingerprint density at radius 3 is 2.77 bits per heavy atom. The average molecular weight is 431 g/mol. The van der Waals surface area contributed by atoms with E-state index in [1.807, 2.05) is 36.4 Å². The van der Waals surface area contributed by atoms with Crippen molar-refractivity contribution in [1.29, 1.82) is 0 Å². The number of fused-ring (bicyclic) bond motifs is 2. The standard InChI is InChI=1S/C24H22N4O2S/c29-23(25-13-20-26-17-8-4-5-9-19(17)31-20)16-12-18(14-10-11-14)27-24-21(16)22(28-30-24)15-6-2-1-3-7-15/h1-3,6-7,12,14H,4-5,8-11,13H2,(H,25,29). The van der Waals surface area contributed by atoms with E-state index in [1.54, 1.807) is 11.3 Å². The largest absolute Gasteiger partial charge is 0.345 e. The second-order valence-corrected chi connectivity index (χ2v) is 9.48. The van der Waals surface area contributed by atoms with Crippen molar-refractivity contribution in [2.24, 2.45) is 0 Å². The van der Waals surface area contributed by atoms with Crippen LogP contribution in [0.5, 0.6) is 0 Å². The molecule has 1 amide bonds. The van der Waals surface area contributed by atoms with Crippen molar-refractivity contribution in [3.8, 4) is 11.3 Å². The van der Waals surface area contributed by atoms with Crippen LogP contribution in [0.1, 0.15) is 63.2 Å². The molecule has 6 rings (SSSR count). The number of thiazole rings is 1. The van der Waals surface area contributed by atoms with Gasteiger partial charge in [-0.25, -0.2) is 9.97 Å². The van der Waals surface area contributed by atoms with Gasteiger partial charge in [0.15, 0.2) is 0 Å². The zero-order chi connectivity index (χ0) is 20.8. The predicted octanol–water partition coefficient (Wildman–Crippen LogP) is 5.03. The fourth-order valence-electron chi connectivity index (χ4n) is 4.26. The maximum absolute atomic E-state index is 13.3. The van der Waals surface area contributed by atoms with Gasteiger partial charge in [0.1, 0.15) is 10.7 Å². The van der Waals surface area contributed by atoms with Crippen LogP contribution in [0.2, 0.25) is 0 Å². The van der Waals surface area contributed by atoms with Gasteiger partial charge in [-0.15, -0.1) is 11.3 Å². The highest BCUT2D eigenvalue weighted by molar-refractivity contribution is 7.11. The van der Waals surface area contributed by atoms with E-state index in [9.17, 15) is 4.79 Å². The Labute approximate surface area is 183 Å². The molecule has 0 atom stereocenters. The lowest BCUT2D eigenvalue weighted by molar-refractivity contribution is 0.0952. The van der Waals surface area contributed by atoms with Gasteiger partial charge in [0, 0.05) is 22.1 Å². The zero-order valence-corrected chi connectivity index (χ0v) is 17.9. The number of carbonyl (C=O) groups is 1. The van der Waals surface area contributed by atoms with Gasteiger partial charge in [0.05, 0.1) is 23.2 Å². The molecule has 0 saturated heterocycles. The first-order valence-corrected chi connectivity index (χ1v) is 11.7. The summed E-state index contributed by atoms with van der Waals surface area (Å²) in [7, 11) is 0. The molecule has 4 aromatic rings. The summed E-state index contributed by atoms with van der Waals surface area (Å²) in [6, 6.07) is 11.7. The molecule has 1 N–H and O–H groups in total. The Balaban J connectivity index is 1.35. The molecule has 0 radical (unpaired) electrons. The predicted molar refractivity (Wildman–Crippen MR) is 119 cm³/mol. The van der Waals surface area contributed by atoms with Crippen LogP contribution in [0.4, 0.5) is 0 Å². The number of aromatic nitrogens is 3. The molecule has 156 valence electrons. The number of hydrogen-bond acceptors (Lipinski definition) is 6. The van der Waals surface area contributed by atoms with Crippen LogP contribution in [0.15, 0.2) is 40.9 Å². The minimum absolute atomic E-state index is 0.136. The molecule has 1 fully saturated rings. The number of aryl methyl sites for hydroxylation is 2. The molecule has 2 aliphatic carbocycles. The molecule has 0 unspecified atom stereocenters. The van der Waals surface area contributed by atoms with Crippen molar-refractivity contribution in [3.63, 3.8) is 0 Å². The molecule has 6 nitrogen and oxygen atoms in total. The molecule has 1 saturated carbocycles. The van der Waals surface area contributed by atoms with Crippen molar-refractivity contribution >= 4 is 28.3 Å². The van der Waals surface area contributed by atoms with E-state index in [2.05, 4.69) is 15.5 Å². The normalized spacial score (nSPS) is 15.7. The highest BCUT2D eigenvalue weighted by Gasteiger charge is 2.29. The van der Waals surface area contributed by atoms with E-state index in [4.69, 9.17) is 9.51 Å². The van der Waals surface area contributed by atoms with Gasteiger partial charge in [0.2, 0.25) is 0 Å². The minimum atomic E-state index is -0.136. The number of carbonyl (C=O) groups excluding carboxylic acids is 1. The van der Waals surface area contributed by atoms with E-state index in [0.29, 0.717) is 34.8 Å². The number of amides is 1. The van der Waals surface area contributed by atoms with Crippen LogP contribution in [0.25, 0.3) is 22.4 Å². The fraction of sp³-hybridized carbons (Fsp3) is 0.333. The summed E-state index contributed by atoms with van der Waals surface area (Å²) in [5.74, 6) is 0.273. The highest BCUT2D eigenvalue weighted by Crippen LogP contribution is 2.41. The Morgan fingerprint density at radius 1 is 1.13 bits per heavy atom. The van der Waals surface area contributed by atoms with Crippen molar-refractivity contribution in [1.82, 2.24) is 20.4 Å². The van der Waals surface area contributed by atoms with E-state index >= 15 is 0 Å². The van der Waals surface area contributed by atoms with Crippen LogP contribution in [-0.4, -0.2) is 21.0 Å². The second-order valence-electron chi connectivity index (χ2n) is 8.31. The second kappa shape index (κ2) is 7.57. The number of pyridine rings is 1. The molecule has 2 aliphatic rings. The number of nitrogens with one attached hydrogen (secondary N) is 1. The van der Waals surface area contributed by atoms with Crippen LogP contribution in [-0.2, 0) is 19.4 Å². The number of nitrogens with zero attached hydrogens (tertiary/aromatic N) is 3. The summed E-state index contributed by atoms with van der Waals surface area (Å²) in [5, 5.41) is 8.99. The topological polar surface area (TPSA) is 80.9 Å². The van der Waals surface area contributed by atoms with Crippen molar-refractivity contribution < 1.29 is 9.32 Å². The molecule has 3 heterocycles. The molecular weight excluding hydrogens is 408 g/mol. The fourth-order valence-corrected chi connectivity index (χ4v) is 5.36. The third kappa shape index (κ3) is 3.53. The lowest BCUT2D eigenvalue weighted by Gasteiger charge is -2.07. The average Bonchev–Trinajstić information content (AvgIpc) is 3.44. The maximum atomic E-state index is 13.3. The summed E-state index contributed by atoms with van der Waals surface area (Å²) < 4.78 is 5.58. The van der Waals surface area contributed by atoms with Gasteiger partial charge < -0.3 is 9.84 Å². The summed E-state index contributed by atoms with van der Waals surface area (Å²) in [5.41, 5.74) is 4.70. The molecule has 1 aromatic carbocycles. The molecule has 31 heavy (non-hydrogen) atoms. The Bertz CT molecular complexity index is 1250. The maximum Gasteiger partial charge on any atom is 0.259 e. The minimum Gasteiger partial charge on any atom is -0.345 e. The molecule has 3 aromatic heterocycles. The lowest BCUT2D eigenvalue weighted by Crippen LogP contribution is -2.23. The number of rotatable bonds is 5. The van der Waals surface area contributed by atoms with E-state index in [-0.39, 0.29) is 5.91 Å². The molecule has 7 heteroatoms. The first-order valence-electron chi connectivity index (χ1n) is 10.9. The van der Waals surface area contributed by atoms with Gasteiger partial charge >= 0.3 is 0 Å². The third-order valence-corrected chi connectivity index (χ3v) is 7.20. The first-order chi connectivity index (χ1) is 15.3. The van der Waals surface area contributed by atoms with Crippen molar-refractivity contribution in [2.45, 2.75) is 51.0 Å². The van der Waals surface area contributed by atoms with E-state index < -0.39 is 0 Å². The van der Waals surface area contributed by atoms with Gasteiger partial charge in [0.25, 0.3) is 11.6 Å². The van der Waals surface area contributed by atoms with Crippen LogP contribution in [0.3, 0.4) is 0 Å². The SMILES string of the molecule is O=C(NCc1nc2c(s1)CCCC2)c1cc(C2CC2)nc2onc(-c3ccccc3)c12. The molecule has 0 spiro atoms. The zero-order valence-electron chi connectivity index (χ0n) is 17.1. The van der Waals surface area contributed by atoms with Crippen molar-refractivity contribution in [2.75, 3.05) is 0 Å². The summed E-state index contributed by atoms with van der Waals surface area (Å²) in [4.78, 5) is 24.1. The Kier molecular flexibility index (Phi) is 4.56. The third-order valence-electron chi connectivity index (χ3n) is 6.04. The van der Waals surface area contributed by atoms with E-state index in [1.165, 1.54) is 23.4 Å². The van der Waals surface area contributed by atoms with Gasteiger partial charge in [-0.1, -0.05) is 35.5 Å². The monoisotopic (exact) mass is 430 g/mol. The van der Waals surface area contributed by atoms with E-state index in [0.717, 1.165) is 41.9 Å². The van der Waals surface area contributed by atoms with Crippen molar-refractivity contribution in [3.05, 3.63) is 63.2 Å². The summed E-state index contributed by atoms with van der Waals surface area (Å²) >= 11 is 1.73. The molecular formula is C24H22N4O2S. The first kappa shape index (κ1) is 18.7. The van der Waals surface area contributed by atoms with Crippen LogP contribution in [0, 0.1) is 0 Å². The lowest BCUT2D eigenvalue weighted by atomic mass is 10.0. The van der Waals surface area contributed by atoms with Gasteiger partial charge in [-0.05, 0) is 44.6 Å². The van der Waals surface area contributed by atoms with Gasteiger partial charge in [-0.2, -0.15) is 0 Å². The quantitative estimate of drug-likeness (QED) is 0.480. The molecule has 0 bridgehead atoms. The van der Waals surface area contributed by atoms with Crippen LogP contribution < -0.4 is 5.32 Å². The summed E-state index contributed by atoms with van der Waals surface area (Å²) in [6.45, 7) is 0.436. The Morgan fingerprint density at radius 2 is 1.97 bits per heavy atom. The number of benzene rings is 1. The smallest absolute Gasteiger partial charge is 0.259 e. The van der Waals surface area contributed by atoms with Gasteiger partial charge in [-0.3, -0.25) is 4.79 Å².